The van der Waals surface area contributed by atoms with E-state index in [4.69, 9.17) is 4.74 Å². The standard InChI is InChI=1S/C17H13Br2N3O4S2/c18-11-1-6-15(14(19)9-11)26-10-16(23)21-12-2-4-13(5-3-12)28(24,25)22-17-20-7-8-27-17/h1-9H,10H2,(H,20,22)(H,21,23). The van der Waals surface area contributed by atoms with Crippen molar-refractivity contribution in [2.24, 2.45) is 0 Å². The average molecular weight is 547 g/mol. The maximum atomic E-state index is 12.3. The quantitative estimate of drug-likeness (QED) is 0.455. The van der Waals surface area contributed by atoms with Crippen LogP contribution in [0.4, 0.5) is 10.8 Å². The zero-order valence-corrected chi connectivity index (χ0v) is 18.9. The molecule has 0 saturated carbocycles. The van der Waals surface area contributed by atoms with Crippen molar-refractivity contribution in [1.29, 1.82) is 0 Å². The summed E-state index contributed by atoms with van der Waals surface area (Å²) in [5.74, 6) is 0.166. The fraction of sp³-hybridized carbons (Fsp3) is 0.0588. The number of rotatable bonds is 7. The molecule has 0 radical (unpaired) electrons. The van der Waals surface area contributed by atoms with Crippen LogP contribution in [-0.2, 0) is 14.8 Å². The topological polar surface area (TPSA) is 97.4 Å². The number of sulfonamides is 1. The van der Waals surface area contributed by atoms with Crippen molar-refractivity contribution in [2.45, 2.75) is 4.90 Å². The van der Waals surface area contributed by atoms with Gasteiger partial charge in [-0.25, -0.2) is 13.4 Å². The van der Waals surface area contributed by atoms with Crippen LogP contribution >= 0.6 is 43.2 Å². The van der Waals surface area contributed by atoms with Crippen molar-refractivity contribution < 1.29 is 17.9 Å². The van der Waals surface area contributed by atoms with Gasteiger partial charge in [0.2, 0.25) is 0 Å². The predicted octanol–water partition coefficient (Wildman–Crippen LogP) is 4.49. The Bertz CT molecular complexity index is 1070. The van der Waals surface area contributed by atoms with Crippen LogP contribution in [0, 0.1) is 0 Å². The Kier molecular flexibility index (Phi) is 6.70. The van der Waals surface area contributed by atoms with E-state index in [1.807, 2.05) is 6.07 Å². The van der Waals surface area contributed by atoms with E-state index in [-0.39, 0.29) is 22.5 Å². The van der Waals surface area contributed by atoms with E-state index < -0.39 is 10.0 Å². The number of nitrogens with zero attached hydrogens (tertiary/aromatic N) is 1. The van der Waals surface area contributed by atoms with Crippen molar-refractivity contribution >= 4 is 69.9 Å². The number of halogens is 2. The van der Waals surface area contributed by atoms with Crippen LogP contribution in [0.15, 0.2) is 67.9 Å². The largest absolute Gasteiger partial charge is 0.483 e. The lowest BCUT2D eigenvalue weighted by Gasteiger charge is -2.10. The van der Waals surface area contributed by atoms with Crippen molar-refractivity contribution in [2.75, 3.05) is 16.6 Å². The molecule has 0 fully saturated rings. The molecule has 3 aromatic rings. The van der Waals surface area contributed by atoms with E-state index in [0.29, 0.717) is 11.4 Å². The first-order chi connectivity index (χ1) is 13.3. The first-order valence-corrected chi connectivity index (χ1v) is 11.7. The second kappa shape index (κ2) is 9.03. The predicted molar refractivity (Wildman–Crippen MR) is 115 cm³/mol. The molecule has 0 saturated heterocycles. The van der Waals surface area contributed by atoms with E-state index >= 15 is 0 Å². The Labute approximate surface area is 182 Å². The fourth-order valence-corrected chi connectivity index (χ4v) is 5.05. The van der Waals surface area contributed by atoms with Crippen LogP contribution in [0.3, 0.4) is 0 Å². The highest BCUT2D eigenvalue weighted by Crippen LogP contribution is 2.28. The molecule has 2 N–H and O–H groups in total. The van der Waals surface area contributed by atoms with Gasteiger partial charge in [0.25, 0.3) is 15.9 Å². The molecule has 1 heterocycles. The van der Waals surface area contributed by atoms with Gasteiger partial charge in [-0.05, 0) is 58.4 Å². The average Bonchev–Trinajstić information content (AvgIpc) is 3.14. The van der Waals surface area contributed by atoms with Crippen molar-refractivity contribution in [3.63, 3.8) is 0 Å². The van der Waals surface area contributed by atoms with Gasteiger partial charge < -0.3 is 10.1 Å². The second-order valence-corrected chi connectivity index (χ2v) is 9.73. The SMILES string of the molecule is O=C(COc1ccc(Br)cc1Br)Nc1ccc(S(=O)(=O)Nc2nccs2)cc1. The van der Waals surface area contributed by atoms with Gasteiger partial charge in [0, 0.05) is 21.7 Å². The molecule has 0 aliphatic heterocycles. The molecule has 0 atom stereocenters. The van der Waals surface area contributed by atoms with Gasteiger partial charge in [-0.1, -0.05) is 15.9 Å². The lowest BCUT2D eigenvalue weighted by molar-refractivity contribution is -0.118. The lowest BCUT2D eigenvalue weighted by atomic mass is 10.3. The van der Waals surface area contributed by atoms with Crippen LogP contribution in [0.5, 0.6) is 5.75 Å². The molecule has 1 amide bonds. The number of hydrogen-bond donors (Lipinski definition) is 2. The third-order valence-corrected chi connectivity index (χ3v) is 6.64. The Balaban J connectivity index is 1.58. The molecule has 11 heteroatoms. The number of anilines is 2. The van der Waals surface area contributed by atoms with Crippen LogP contribution in [0.1, 0.15) is 0 Å². The number of hydrogen-bond acceptors (Lipinski definition) is 6. The summed E-state index contributed by atoms with van der Waals surface area (Å²) in [6.07, 6.45) is 1.51. The van der Waals surface area contributed by atoms with Crippen molar-refractivity contribution in [3.05, 3.63) is 63.0 Å². The summed E-state index contributed by atoms with van der Waals surface area (Å²) >= 11 is 7.88. The van der Waals surface area contributed by atoms with Crippen molar-refractivity contribution in [1.82, 2.24) is 4.98 Å². The van der Waals surface area contributed by atoms with Crippen LogP contribution < -0.4 is 14.8 Å². The maximum absolute atomic E-state index is 12.3. The molecular weight excluding hydrogens is 534 g/mol. The van der Waals surface area contributed by atoms with Crippen LogP contribution in [-0.4, -0.2) is 25.9 Å². The van der Waals surface area contributed by atoms with Crippen molar-refractivity contribution in [3.8, 4) is 5.75 Å². The van der Waals surface area contributed by atoms with Crippen LogP contribution in [0.2, 0.25) is 0 Å². The smallest absolute Gasteiger partial charge is 0.263 e. The highest BCUT2D eigenvalue weighted by molar-refractivity contribution is 9.11. The summed E-state index contributed by atoms with van der Waals surface area (Å²) in [4.78, 5) is 16.0. The van der Waals surface area contributed by atoms with Gasteiger partial charge in [-0.3, -0.25) is 9.52 Å². The summed E-state index contributed by atoms with van der Waals surface area (Å²) in [5, 5.41) is 4.61. The van der Waals surface area contributed by atoms with E-state index in [1.165, 1.54) is 41.8 Å². The third kappa shape index (κ3) is 5.53. The zero-order valence-electron chi connectivity index (χ0n) is 14.1. The molecule has 3 rings (SSSR count). The molecule has 1 aromatic heterocycles. The number of thiazole rings is 1. The molecule has 0 aliphatic carbocycles. The molecular formula is C17H13Br2N3O4S2. The van der Waals surface area contributed by atoms with Gasteiger partial charge in [0.05, 0.1) is 9.37 Å². The highest BCUT2D eigenvalue weighted by atomic mass is 79.9. The molecule has 0 spiro atoms. The number of aromatic nitrogens is 1. The minimum Gasteiger partial charge on any atom is -0.483 e. The van der Waals surface area contributed by atoms with E-state index in [0.717, 1.165) is 8.95 Å². The van der Waals surface area contributed by atoms with E-state index in [1.54, 1.807) is 17.5 Å². The fourth-order valence-electron chi connectivity index (χ4n) is 2.10. The second-order valence-electron chi connectivity index (χ2n) is 5.38. The molecule has 2 aromatic carbocycles. The zero-order chi connectivity index (χ0) is 20.1. The summed E-state index contributed by atoms with van der Waals surface area (Å²) < 4.78 is 34.0. The van der Waals surface area contributed by atoms with Crippen LogP contribution in [0.25, 0.3) is 0 Å². The minimum atomic E-state index is -3.73. The van der Waals surface area contributed by atoms with E-state index in [9.17, 15) is 13.2 Å². The highest BCUT2D eigenvalue weighted by Gasteiger charge is 2.15. The maximum Gasteiger partial charge on any atom is 0.263 e. The summed E-state index contributed by atoms with van der Waals surface area (Å²) in [6, 6.07) is 11.2. The molecule has 0 bridgehead atoms. The normalized spacial score (nSPS) is 11.1. The monoisotopic (exact) mass is 545 g/mol. The first kappa shape index (κ1) is 20.8. The van der Waals surface area contributed by atoms with Gasteiger partial charge in [0.15, 0.2) is 11.7 Å². The number of ether oxygens (including phenoxy) is 1. The van der Waals surface area contributed by atoms with E-state index in [2.05, 4.69) is 46.9 Å². The lowest BCUT2D eigenvalue weighted by Crippen LogP contribution is -2.20. The number of benzene rings is 2. The number of amides is 1. The summed E-state index contributed by atoms with van der Waals surface area (Å²) in [5.41, 5.74) is 0.455. The number of carbonyl (C=O) groups is 1. The Morgan fingerprint density at radius 1 is 1.14 bits per heavy atom. The molecule has 0 unspecified atom stereocenters. The molecule has 28 heavy (non-hydrogen) atoms. The van der Waals surface area contributed by atoms with Gasteiger partial charge in [-0.2, -0.15) is 0 Å². The summed E-state index contributed by atoms with van der Waals surface area (Å²) in [6.45, 7) is -0.189. The number of nitrogens with one attached hydrogen (secondary N) is 2. The summed E-state index contributed by atoms with van der Waals surface area (Å²) in [7, 11) is -3.73. The molecule has 0 aliphatic rings. The Morgan fingerprint density at radius 3 is 2.54 bits per heavy atom. The minimum absolute atomic E-state index is 0.0655. The van der Waals surface area contributed by atoms with Gasteiger partial charge in [0.1, 0.15) is 5.75 Å². The van der Waals surface area contributed by atoms with Gasteiger partial charge in [-0.15, -0.1) is 11.3 Å². The molecule has 146 valence electrons. The Hall–Kier alpha value is -1.95. The molecule has 7 nitrogen and oxygen atoms in total. The first-order valence-electron chi connectivity index (χ1n) is 7.73. The van der Waals surface area contributed by atoms with Gasteiger partial charge >= 0.3 is 0 Å². The third-order valence-electron chi connectivity index (χ3n) is 3.36. The Morgan fingerprint density at radius 2 is 1.89 bits per heavy atom. The number of carbonyl (C=O) groups excluding carboxylic acids is 1.